The van der Waals surface area contributed by atoms with Gasteiger partial charge in [0.05, 0.1) is 10.7 Å². The Morgan fingerprint density at radius 2 is 2.04 bits per heavy atom. The minimum atomic E-state index is 0.341. The monoisotopic (exact) mass is 366 g/mol. The van der Waals surface area contributed by atoms with Gasteiger partial charge >= 0.3 is 0 Å². The molecule has 0 saturated heterocycles. The summed E-state index contributed by atoms with van der Waals surface area (Å²) >= 11 is 1.65. The summed E-state index contributed by atoms with van der Waals surface area (Å²) in [6, 6.07) is 16.8. The number of hydrogen-bond acceptors (Lipinski definition) is 5. The van der Waals surface area contributed by atoms with Crippen molar-refractivity contribution < 1.29 is 9.47 Å². The zero-order valence-corrected chi connectivity index (χ0v) is 15.6. The molecule has 1 atom stereocenters. The molecule has 0 saturated carbocycles. The molecule has 1 aromatic heterocycles. The van der Waals surface area contributed by atoms with Crippen molar-refractivity contribution in [3.05, 3.63) is 75.7 Å². The summed E-state index contributed by atoms with van der Waals surface area (Å²) in [5, 5.41) is 6.69. The number of rotatable bonds is 6. The molecule has 4 nitrogen and oxygen atoms in total. The van der Waals surface area contributed by atoms with Crippen molar-refractivity contribution in [3.63, 3.8) is 0 Å². The van der Waals surface area contributed by atoms with Gasteiger partial charge in [0.15, 0.2) is 0 Å². The number of thiazole rings is 1. The first-order valence-electron chi connectivity index (χ1n) is 8.83. The number of nitrogens with one attached hydrogen (secondary N) is 1. The van der Waals surface area contributed by atoms with Gasteiger partial charge in [-0.1, -0.05) is 30.3 Å². The van der Waals surface area contributed by atoms with Crippen LogP contribution in [0.3, 0.4) is 0 Å². The van der Waals surface area contributed by atoms with Crippen LogP contribution in [0.2, 0.25) is 0 Å². The zero-order chi connectivity index (χ0) is 17.8. The summed E-state index contributed by atoms with van der Waals surface area (Å²) in [6.45, 7) is 4.06. The van der Waals surface area contributed by atoms with Gasteiger partial charge in [0.1, 0.15) is 24.7 Å². The number of ether oxygens (including phenoxy) is 2. The van der Waals surface area contributed by atoms with Gasteiger partial charge in [-0.3, -0.25) is 0 Å². The van der Waals surface area contributed by atoms with Crippen molar-refractivity contribution in [2.45, 2.75) is 32.5 Å². The van der Waals surface area contributed by atoms with Crippen LogP contribution < -0.4 is 14.8 Å². The van der Waals surface area contributed by atoms with E-state index in [2.05, 4.69) is 34.6 Å². The second-order valence-corrected chi connectivity index (χ2v) is 7.55. The number of aromatic nitrogens is 1. The molecule has 4 rings (SSSR count). The van der Waals surface area contributed by atoms with Crippen LogP contribution in [0.25, 0.3) is 0 Å². The fourth-order valence-corrected chi connectivity index (χ4v) is 3.65. The molecule has 1 aliphatic rings. The summed E-state index contributed by atoms with van der Waals surface area (Å²) in [6.07, 6.45) is 1.00. The molecule has 2 aromatic carbocycles. The Hall–Kier alpha value is -2.37. The number of hydrogen-bond donors (Lipinski definition) is 1. The predicted octanol–water partition coefficient (Wildman–Crippen LogP) is 4.12. The second-order valence-electron chi connectivity index (χ2n) is 6.49. The van der Waals surface area contributed by atoms with Gasteiger partial charge in [0.2, 0.25) is 0 Å². The molecule has 0 bridgehead atoms. The third-order valence-corrected chi connectivity index (χ3v) is 5.27. The van der Waals surface area contributed by atoms with E-state index in [1.807, 2.05) is 36.6 Å². The maximum Gasteiger partial charge on any atom is 0.131 e. The zero-order valence-electron chi connectivity index (χ0n) is 14.8. The minimum absolute atomic E-state index is 0.341. The van der Waals surface area contributed by atoms with Crippen LogP contribution >= 0.6 is 11.3 Å². The van der Waals surface area contributed by atoms with E-state index >= 15 is 0 Å². The summed E-state index contributed by atoms with van der Waals surface area (Å²) in [5.41, 5.74) is 3.49. The Kier molecular flexibility index (Phi) is 5.18. The smallest absolute Gasteiger partial charge is 0.131 e. The fourth-order valence-electron chi connectivity index (χ4n) is 3.06. The van der Waals surface area contributed by atoms with Crippen LogP contribution in [0, 0.1) is 6.92 Å². The highest BCUT2D eigenvalue weighted by atomic mass is 32.1. The lowest BCUT2D eigenvalue weighted by Gasteiger charge is -2.26. The van der Waals surface area contributed by atoms with Gasteiger partial charge in [0, 0.05) is 18.0 Å². The summed E-state index contributed by atoms with van der Waals surface area (Å²) in [4.78, 5) is 4.41. The highest BCUT2D eigenvalue weighted by Crippen LogP contribution is 2.24. The lowest BCUT2D eigenvalue weighted by Crippen LogP contribution is -2.38. The molecule has 1 unspecified atom stereocenters. The molecule has 0 aliphatic carbocycles. The molecule has 0 spiro atoms. The average Bonchev–Trinajstić information content (AvgIpc) is 3.10. The molecule has 26 heavy (non-hydrogen) atoms. The number of nitrogens with zero attached hydrogens (tertiary/aromatic N) is 1. The van der Waals surface area contributed by atoms with E-state index < -0.39 is 0 Å². The Morgan fingerprint density at radius 3 is 2.85 bits per heavy atom. The van der Waals surface area contributed by atoms with E-state index in [4.69, 9.17) is 9.47 Å². The van der Waals surface area contributed by atoms with Gasteiger partial charge < -0.3 is 14.8 Å². The summed E-state index contributed by atoms with van der Waals surface area (Å²) in [7, 11) is 0. The molecule has 5 heteroatoms. The van der Waals surface area contributed by atoms with E-state index in [0.29, 0.717) is 19.3 Å². The van der Waals surface area contributed by atoms with Crippen molar-refractivity contribution in [1.82, 2.24) is 10.3 Å². The van der Waals surface area contributed by atoms with Gasteiger partial charge in [-0.15, -0.1) is 11.3 Å². The maximum absolute atomic E-state index is 5.83. The van der Waals surface area contributed by atoms with E-state index in [1.165, 1.54) is 11.1 Å². The first kappa shape index (κ1) is 17.1. The standard InChI is InChI=1S/C21H22N2O2S/c1-15-23-19(14-26-15)13-24-20-8-6-16(7-9-20)11-22-18-10-17-4-2-3-5-21(17)25-12-18/h2-9,14,18,22H,10-13H2,1H3. The molecule has 0 fully saturated rings. The predicted molar refractivity (Wildman–Crippen MR) is 104 cm³/mol. The van der Waals surface area contributed by atoms with Gasteiger partial charge in [-0.05, 0) is 42.7 Å². The van der Waals surface area contributed by atoms with Crippen molar-refractivity contribution in [3.8, 4) is 11.5 Å². The van der Waals surface area contributed by atoms with E-state index in [-0.39, 0.29) is 0 Å². The fraction of sp³-hybridized carbons (Fsp3) is 0.286. The molecule has 1 N–H and O–H groups in total. The van der Waals surface area contributed by atoms with E-state index in [9.17, 15) is 0 Å². The highest BCUT2D eigenvalue weighted by molar-refractivity contribution is 7.09. The second kappa shape index (κ2) is 7.89. The van der Waals surface area contributed by atoms with E-state index in [1.54, 1.807) is 11.3 Å². The minimum Gasteiger partial charge on any atom is -0.492 e. The Labute approximate surface area is 157 Å². The summed E-state index contributed by atoms with van der Waals surface area (Å²) < 4.78 is 11.6. The normalized spacial score (nSPS) is 16.0. The first-order chi connectivity index (χ1) is 12.8. The van der Waals surface area contributed by atoms with Crippen LogP contribution in [0.1, 0.15) is 21.8 Å². The molecule has 1 aliphatic heterocycles. The van der Waals surface area contributed by atoms with Gasteiger partial charge in [0.25, 0.3) is 0 Å². The number of fused-ring (bicyclic) bond motifs is 1. The highest BCUT2D eigenvalue weighted by Gasteiger charge is 2.18. The van der Waals surface area contributed by atoms with Crippen molar-refractivity contribution in [2.75, 3.05) is 6.61 Å². The molecule has 0 amide bonds. The van der Waals surface area contributed by atoms with E-state index in [0.717, 1.165) is 35.2 Å². The quantitative estimate of drug-likeness (QED) is 0.713. The SMILES string of the molecule is Cc1nc(COc2ccc(CNC3COc4ccccc4C3)cc2)cs1. The van der Waals surface area contributed by atoms with Crippen LogP contribution in [0.15, 0.2) is 53.9 Å². The van der Waals surface area contributed by atoms with Gasteiger partial charge in [-0.25, -0.2) is 4.98 Å². The van der Waals surface area contributed by atoms with Crippen molar-refractivity contribution in [1.29, 1.82) is 0 Å². The average molecular weight is 366 g/mol. The third-order valence-electron chi connectivity index (χ3n) is 4.45. The number of para-hydroxylation sites is 1. The van der Waals surface area contributed by atoms with Gasteiger partial charge in [-0.2, -0.15) is 0 Å². The molecular formula is C21H22N2O2S. The lowest BCUT2D eigenvalue weighted by molar-refractivity contribution is 0.238. The van der Waals surface area contributed by atoms with Crippen LogP contribution in [-0.4, -0.2) is 17.6 Å². The molecule has 2 heterocycles. The molecule has 134 valence electrons. The topological polar surface area (TPSA) is 43.4 Å². The van der Waals surface area contributed by atoms with Crippen LogP contribution in [0.4, 0.5) is 0 Å². The van der Waals surface area contributed by atoms with Crippen LogP contribution in [-0.2, 0) is 19.6 Å². The Morgan fingerprint density at radius 1 is 1.19 bits per heavy atom. The first-order valence-corrected chi connectivity index (χ1v) is 9.71. The van der Waals surface area contributed by atoms with Crippen LogP contribution in [0.5, 0.6) is 11.5 Å². The Bertz CT molecular complexity index is 860. The third kappa shape index (κ3) is 4.23. The largest absolute Gasteiger partial charge is 0.492 e. The molecule has 0 radical (unpaired) electrons. The van der Waals surface area contributed by atoms with Crippen molar-refractivity contribution >= 4 is 11.3 Å². The van der Waals surface area contributed by atoms with Crippen molar-refractivity contribution in [2.24, 2.45) is 0 Å². The summed E-state index contributed by atoms with van der Waals surface area (Å²) in [5.74, 6) is 1.89. The molecular weight excluding hydrogens is 344 g/mol. The maximum atomic E-state index is 5.83. The number of aryl methyl sites for hydroxylation is 1. The lowest BCUT2D eigenvalue weighted by atomic mass is 10.0. The molecule has 3 aromatic rings. The number of benzene rings is 2. The Balaban J connectivity index is 1.27.